The standard InChI is InChI=1S/C46H60O5/c1-13-46(11,12)38-21-31-15-28-18-35(43(2,3)4)17-27(39(28)47)14-29-19-36(44(5,6)7)23-33(41(29)49)25-51-26-34-24-37(45(8,9)10)20-30(42(34)50)16-32(22-38)40(31)48/h17-24,47-50H,13-16,25-26H2,1-12H3. The van der Waals surface area contributed by atoms with Gasteiger partial charge in [-0.05, 0) is 95.8 Å². The molecule has 0 atom stereocenters. The number of hydrogen-bond donors (Lipinski definition) is 4. The smallest absolute Gasteiger partial charge is 0.124 e. The Balaban J connectivity index is 1.83. The van der Waals surface area contributed by atoms with Gasteiger partial charge in [-0.2, -0.15) is 0 Å². The number of benzene rings is 4. The lowest BCUT2D eigenvalue weighted by molar-refractivity contribution is 0.103. The fourth-order valence-electron chi connectivity index (χ4n) is 6.85. The van der Waals surface area contributed by atoms with Crippen LogP contribution < -0.4 is 0 Å². The third-order valence-corrected chi connectivity index (χ3v) is 11.0. The Bertz CT molecular complexity index is 1940. The van der Waals surface area contributed by atoms with Crippen LogP contribution in [0.25, 0.3) is 0 Å². The van der Waals surface area contributed by atoms with E-state index in [0.717, 1.165) is 56.5 Å². The maximum absolute atomic E-state index is 12.0. The first-order chi connectivity index (χ1) is 23.5. The van der Waals surface area contributed by atoms with Crippen LogP contribution in [0.15, 0.2) is 48.5 Å². The highest BCUT2D eigenvalue weighted by atomic mass is 16.5. The molecular formula is C46H60O5. The van der Waals surface area contributed by atoms with Crippen LogP contribution in [0.3, 0.4) is 0 Å². The number of ether oxygens (including phenoxy) is 1. The third kappa shape index (κ3) is 8.09. The highest BCUT2D eigenvalue weighted by Crippen LogP contribution is 2.42. The number of rotatable bonds is 2. The van der Waals surface area contributed by atoms with Gasteiger partial charge in [0.2, 0.25) is 0 Å². The minimum absolute atomic E-state index is 0.148. The molecule has 0 saturated heterocycles. The molecule has 8 bridgehead atoms. The molecule has 5 nitrogen and oxygen atoms in total. The molecule has 0 amide bonds. The van der Waals surface area contributed by atoms with E-state index < -0.39 is 0 Å². The number of hydrogen-bond acceptors (Lipinski definition) is 5. The van der Waals surface area contributed by atoms with Crippen molar-refractivity contribution in [3.8, 4) is 23.0 Å². The summed E-state index contributed by atoms with van der Waals surface area (Å²) in [7, 11) is 0. The van der Waals surface area contributed by atoms with Crippen molar-refractivity contribution in [2.24, 2.45) is 0 Å². The summed E-state index contributed by atoms with van der Waals surface area (Å²) in [5, 5.41) is 47.5. The first kappa shape index (κ1) is 38.3. The van der Waals surface area contributed by atoms with Gasteiger partial charge >= 0.3 is 0 Å². The Morgan fingerprint density at radius 1 is 0.412 bits per heavy atom. The molecule has 5 heteroatoms. The molecule has 4 aromatic carbocycles. The van der Waals surface area contributed by atoms with Gasteiger partial charge in [0, 0.05) is 30.4 Å². The molecule has 0 aliphatic carbocycles. The maximum Gasteiger partial charge on any atom is 0.124 e. The minimum Gasteiger partial charge on any atom is -0.507 e. The summed E-state index contributed by atoms with van der Waals surface area (Å²) in [6.45, 7) is 26.2. The van der Waals surface area contributed by atoms with Crippen molar-refractivity contribution in [3.63, 3.8) is 0 Å². The zero-order valence-corrected chi connectivity index (χ0v) is 33.1. The van der Waals surface area contributed by atoms with Crippen molar-refractivity contribution in [2.75, 3.05) is 0 Å². The highest BCUT2D eigenvalue weighted by molar-refractivity contribution is 5.57. The molecule has 0 saturated carbocycles. The van der Waals surface area contributed by atoms with E-state index >= 15 is 0 Å². The quantitative estimate of drug-likeness (QED) is 0.168. The molecule has 1 aliphatic rings. The van der Waals surface area contributed by atoms with E-state index in [1.807, 2.05) is 24.3 Å². The Hall–Kier alpha value is -3.96. The molecule has 0 unspecified atom stereocenters. The summed E-state index contributed by atoms with van der Waals surface area (Å²) in [6.07, 6.45) is 1.87. The number of fused-ring (bicyclic) bond motifs is 8. The van der Waals surface area contributed by atoms with Crippen molar-refractivity contribution in [3.05, 3.63) is 115 Å². The van der Waals surface area contributed by atoms with E-state index in [2.05, 4.69) is 107 Å². The number of phenolic OH excluding ortho intramolecular Hbond substituents is 4. The monoisotopic (exact) mass is 692 g/mol. The van der Waals surface area contributed by atoms with Gasteiger partial charge in [0.05, 0.1) is 13.2 Å². The molecule has 5 rings (SSSR count). The normalized spacial score (nSPS) is 14.6. The highest BCUT2D eigenvalue weighted by Gasteiger charge is 2.27. The van der Waals surface area contributed by atoms with Gasteiger partial charge in [0.1, 0.15) is 23.0 Å². The summed E-state index contributed by atoms with van der Waals surface area (Å²) in [5.74, 6) is 0.645. The number of phenols is 4. The van der Waals surface area contributed by atoms with Gasteiger partial charge in [0.25, 0.3) is 0 Å². The van der Waals surface area contributed by atoms with E-state index in [-0.39, 0.29) is 57.9 Å². The molecule has 0 radical (unpaired) electrons. The Kier molecular flexibility index (Phi) is 10.2. The molecule has 0 aromatic heterocycles. The van der Waals surface area contributed by atoms with Crippen LogP contribution in [0.1, 0.15) is 156 Å². The van der Waals surface area contributed by atoms with Crippen molar-refractivity contribution < 1.29 is 25.2 Å². The molecular weight excluding hydrogens is 633 g/mol. The molecule has 4 N–H and O–H groups in total. The van der Waals surface area contributed by atoms with Gasteiger partial charge < -0.3 is 25.2 Å². The summed E-state index contributed by atoms with van der Waals surface area (Å²) in [5.41, 5.74) is 9.19. The lowest BCUT2D eigenvalue weighted by Crippen LogP contribution is -2.17. The van der Waals surface area contributed by atoms with E-state index in [1.165, 1.54) is 0 Å². The fourth-order valence-corrected chi connectivity index (χ4v) is 6.85. The van der Waals surface area contributed by atoms with Crippen molar-refractivity contribution >= 4 is 0 Å². The summed E-state index contributed by atoms with van der Waals surface area (Å²) >= 11 is 0. The molecule has 51 heavy (non-hydrogen) atoms. The Morgan fingerprint density at radius 3 is 0.902 bits per heavy atom. The maximum atomic E-state index is 12.0. The van der Waals surface area contributed by atoms with Gasteiger partial charge in [-0.15, -0.1) is 0 Å². The van der Waals surface area contributed by atoms with Crippen LogP contribution in [0.2, 0.25) is 0 Å². The van der Waals surface area contributed by atoms with Crippen LogP contribution >= 0.6 is 0 Å². The van der Waals surface area contributed by atoms with Crippen molar-refractivity contribution in [2.45, 2.75) is 144 Å². The van der Waals surface area contributed by atoms with E-state index in [0.29, 0.717) is 36.0 Å². The Morgan fingerprint density at radius 2 is 0.647 bits per heavy atom. The van der Waals surface area contributed by atoms with E-state index in [1.54, 1.807) is 0 Å². The fraction of sp³-hybridized carbons (Fsp3) is 0.478. The van der Waals surface area contributed by atoms with Gasteiger partial charge in [-0.3, -0.25) is 0 Å². The summed E-state index contributed by atoms with van der Waals surface area (Å²) < 4.78 is 6.31. The SMILES string of the molecule is CCC(C)(C)c1cc2c(O)c(c1)Cc1cc(C(C)(C)C)cc(c1O)Cc1cc(C(C)(C)C)cc(c1O)COCc1cc(C(C)(C)C)cc(c1O)C2. The van der Waals surface area contributed by atoms with Gasteiger partial charge in [0.15, 0.2) is 0 Å². The average molecular weight is 693 g/mol. The first-order valence-electron chi connectivity index (χ1n) is 18.5. The zero-order valence-electron chi connectivity index (χ0n) is 33.1. The zero-order chi connectivity index (χ0) is 37.8. The largest absolute Gasteiger partial charge is 0.507 e. The predicted molar refractivity (Wildman–Crippen MR) is 209 cm³/mol. The van der Waals surface area contributed by atoms with Crippen molar-refractivity contribution in [1.82, 2.24) is 0 Å². The van der Waals surface area contributed by atoms with Crippen molar-refractivity contribution in [1.29, 1.82) is 0 Å². The second kappa shape index (κ2) is 13.5. The summed E-state index contributed by atoms with van der Waals surface area (Å²) in [4.78, 5) is 0. The summed E-state index contributed by atoms with van der Waals surface area (Å²) in [6, 6.07) is 16.4. The lowest BCUT2D eigenvalue weighted by Gasteiger charge is -2.27. The van der Waals surface area contributed by atoms with Crippen LogP contribution in [-0.4, -0.2) is 20.4 Å². The average Bonchev–Trinajstić information content (AvgIpc) is 3.01. The van der Waals surface area contributed by atoms with Crippen LogP contribution in [0.5, 0.6) is 23.0 Å². The topological polar surface area (TPSA) is 90.2 Å². The number of aromatic hydroxyl groups is 4. The molecule has 1 aliphatic heterocycles. The first-order valence-corrected chi connectivity index (χ1v) is 18.5. The third-order valence-electron chi connectivity index (χ3n) is 11.0. The van der Waals surface area contributed by atoms with E-state index in [4.69, 9.17) is 4.74 Å². The van der Waals surface area contributed by atoms with Crippen LogP contribution in [0, 0.1) is 0 Å². The van der Waals surface area contributed by atoms with Gasteiger partial charge in [-0.25, -0.2) is 0 Å². The van der Waals surface area contributed by atoms with Gasteiger partial charge in [-0.1, -0.05) is 119 Å². The molecule has 0 fully saturated rings. The molecule has 1 heterocycles. The van der Waals surface area contributed by atoms with Crippen LogP contribution in [0.4, 0.5) is 0 Å². The van der Waals surface area contributed by atoms with E-state index in [9.17, 15) is 20.4 Å². The molecule has 4 aromatic rings. The predicted octanol–water partition coefficient (Wildman–Crippen LogP) is 10.9. The minimum atomic E-state index is -0.213. The lowest BCUT2D eigenvalue weighted by atomic mass is 9.78. The Labute approximate surface area is 306 Å². The second-order valence-corrected chi connectivity index (χ2v) is 18.6. The molecule has 274 valence electrons. The second-order valence-electron chi connectivity index (χ2n) is 18.6. The van der Waals surface area contributed by atoms with Crippen LogP contribution in [-0.2, 0) is 58.9 Å². The molecule has 0 spiro atoms.